The summed E-state index contributed by atoms with van der Waals surface area (Å²) in [7, 11) is -2.34. The van der Waals surface area contributed by atoms with E-state index < -0.39 is 28.5 Å². The van der Waals surface area contributed by atoms with Gasteiger partial charge in [-0.15, -0.1) is 0 Å². The zero-order chi connectivity index (χ0) is 32.9. The van der Waals surface area contributed by atoms with E-state index in [0.717, 1.165) is 34.5 Å². The molecule has 0 heterocycles. The fourth-order valence-corrected chi connectivity index (χ4v) is 5.80. The van der Waals surface area contributed by atoms with Gasteiger partial charge in [-0.05, 0) is 66.1 Å². The highest BCUT2D eigenvalue weighted by molar-refractivity contribution is 7.92. The SMILES string of the molecule is CCCCNC(=O)[C@@H](Cc1ccccc1)N(Cc1cccc(OC)c1)C(=O)CN(c1ccc(Oc2ccccc2)cc1)S(C)(=O)=O. The van der Waals surface area contributed by atoms with Crippen LogP contribution < -0.4 is 19.1 Å². The number of benzene rings is 4. The number of nitrogens with zero attached hydrogens (tertiary/aromatic N) is 2. The summed E-state index contributed by atoms with van der Waals surface area (Å²) in [5, 5.41) is 2.99. The molecular formula is C36H41N3O6S. The third kappa shape index (κ3) is 9.84. The van der Waals surface area contributed by atoms with Crippen molar-refractivity contribution in [2.45, 2.75) is 38.8 Å². The molecule has 0 spiro atoms. The van der Waals surface area contributed by atoms with Crippen molar-refractivity contribution in [2.75, 3.05) is 30.8 Å². The van der Waals surface area contributed by atoms with Gasteiger partial charge in [0.15, 0.2) is 0 Å². The second-order valence-corrected chi connectivity index (χ2v) is 12.8. The number of carbonyl (C=O) groups excluding carboxylic acids is 2. The van der Waals surface area contributed by atoms with Gasteiger partial charge in [0.25, 0.3) is 0 Å². The lowest BCUT2D eigenvalue weighted by molar-refractivity contribution is -0.140. The number of rotatable bonds is 16. The fourth-order valence-electron chi connectivity index (χ4n) is 4.95. The first kappa shape index (κ1) is 34.1. The summed E-state index contributed by atoms with van der Waals surface area (Å²) in [5.74, 6) is 0.931. The Balaban J connectivity index is 1.67. The summed E-state index contributed by atoms with van der Waals surface area (Å²) in [6, 6.07) is 31.5. The van der Waals surface area contributed by atoms with Crippen LogP contribution in [0.25, 0.3) is 0 Å². The highest BCUT2D eigenvalue weighted by Gasteiger charge is 2.33. The van der Waals surface area contributed by atoms with E-state index in [1.54, 1.807) is 43.5 Å². The molecule has 1 atom stereocenters. The number of amides is 2. The van der Waals surface area contributed by atoms with Crippen LogP contribution in [0.5, 0.6) is 17.2 Å². The molecule has 0 unspecified atom stereocenters. The van der Waals surface area contributed by atoms with Crippen LogP contribution in [-0.2, 0) is 32.6 Å². The fraction of sp³-hybridized carbons (Fsp3) is 0.278. The predicted molar refractivity (Wildman–Crippen MR) is 181 cm³/mol. The zero-order valence-electron chi connectivity index (χ0n) is 26.5. The van der Waals surface area contributed by atoms with Crippen LogP contribution in [0.15, 0.2) is 109 Å². The number of para-hydroxylation sites is 1. The first-order valence-corrected chi connectivity index (χ1v) is 17.1. The van der Waals surface area contributed by atoms with Crippen LogP contribution in [0.2, 0.25) is 0 Å². The molecule has 242 valence electrons. The zero-order valence-corrected chi connectivity index (χ0v) is 27.3. The molecule has 0 saturated heterocycles. The highest BCUT2D eigenvalue weighted by Crippen LogP contribution is 2.26. The summed E-state index contributed by atoms with van der Waals surface area (Å²) in [6.07, 6.45) is 2.99. The van der Waals surface area contributed by atoms with E-state index >= 15 is 0 Å². The van der Waals surface area contributed by atoms with E-state index in [4.69, 9.17) is 9.47 Å². The van der Waals surface area contributed by atoms with Crippen molar-refractivity contribution in [3.05, 3.63) is 120 Å². The average molecular weight is 644 g/mol. The van der Waals surface area contributed by atoms with Gasteiger partial charge in [0.05, 0.1) is 19.1 Å². The molecule has 0 aromatic heterocycles. The quantitative estimate of drug-likeness (QED) is 0.155. The Bertz CT molecular complexity index is 1670. The minimum Gasteiger partial charge on any atom is -0.497 e. The molecule has 0 aliphatic carbocycles. The van der Waals surface area contributed by atoms with Gasteiger partial charge in [-0.25, -0.2) is 8.42 Å². The molecule has 0 fully saturated rings. The minimum absolute atomic E-state index is 0.0657. The molecule has 0 saturated carbocycles. The summed E-state index contributed by atoms with van der Waals surface area (Å²) < 4.78 is 38.5. The molecule has 10 heteroatoms. The van der Waals surface area contributed by atoms with E-state index in [1.807, 2.05) is 79.7 Å². The molecule has 46 heavy (non-hydrogen) atoms. The molecule has 4 aromatic rings. The van der Waals surface area contributed by atoms with Crippen LogP contribution in [0.3, 0.4) is 0 Å². The lowest BCUT2D eigenvalue weighted by Gasteiger charge is -2.33. The Hall–Kier alpha value is -4.83. The summed E-state index contributed by atoms with van der Waals surface area (Å²) in [6.45, 7) is 2.06. The summed E-state index contributed by atoms with van der Waals surface area (Å²) in [4.78, 5) is 29.5. The average Bonchev–Trinajstić information content (AvgIpc) is 3.06. The molecule has 9 nitrogen and oxygen atoms in total. The second kappa shape index (κ2) is 16.5. The van der Waals surface area contributed by atoms with Crippen molar-refractivity contribution in [3.8, 4) is 17.2 Å². The number of methoxy groups -OCH3 is 1. The van der Waals surface area contributed by atoms with Gasteiger partial charge in [0, 0.05) is 19.5 Å². The lowest BCUT2D eigenvalue weighted by Crippen LogP contribution is -2.53. The smallest absolute Gasteiger partial charge is 0.244 e. The van der Waals surface area contributed by atoms with Crippen molar-refractivity contribution in [1.29, 1.82) is 0 Å². The van der Waals surface area contributed by atoms with E-state index in [9.17, 15) is 18.0 Å². The van der Waals surface area contributed by atoms with Crippen LogP contribution >= 0.6 is 0 Å². The molecule has 0 aliphatic rings. The Labute approximate surface area is 271 Å². The highest BCUT2D eigenvalue weighted by atomic mass is 32.2. The Morgan fingerprint density at radius 3 is 2.04 bits per heavy atom. The van der Waals surface area contributed by atoms with Gasteiger partial charge in [-0.1, -0.05) is 74.0 Å². The largest absolute Gasteiger partial charge is 0.497 e. The third-order valence-corrected chi connectivity index (χ3v) is 8.51. The third-order valence-electron chi connectivity index (χ3n) is 7.37. The molecule has 0 bridgehead atoms. The number of ether oxygens (including phenoxy) is 2. The summed E-state index contributed by atoms with van der Waals surface area (Å²) in [5.41, 5.74) is 1.90. The summed E-state index contributed by atoms with van der Waals surface area (Å²) >= 11 is 0. The number of carbonyl (C=O) groups is 2. The monoisotopic (exact) mass is 643 g/mol. The number of hydrogen-bond donors (Lipinski definition) is 1. The minimum atomic E-state index is -3.90. The van der Waals surface area contributed by atoms with Crippen molar-refractivity contribution < 1.29 is 27.5 Å². The van der Waals surface area contributed by atoms with Crippen LogP contribution in [0.4, 0.5) is 5.69 Å². The van der Waals surface area contributed by atoms with E-state index in [1.165, 1.54) is 4.90 Å². The van der Waals surface area contributed by atoms with Gasteiger partial charge in [0.2, 0.25) is 21.8 Å². The van der Waals surface area contributed by atoms with Crippen molar-refractivity contribution in [2.24, 2.45) is 0 Å². The molecule has 2 amide bonds. The van der Waals surface area contributed by atoms with Crippen molar-refractivity contribution >= 4 is 27.5 Å². The van der Waals surface area contributed by atoms with Crippen LogP contribution in [0.1, 0.15) is 30.9 Å². The van der Waals surface area contributed by atoms with Gasteiger partial charge >= 0.3 is 0 Å². The molecule has 1 N–H and O–H groups in total. The van der Waals surface area contributed by atoms with Crippen LogP contribution in [0, 0.1) is 0 Å². The lowest BCUT2D eigenvalue weighted by atomic mass is 10.0. The Kier molecular flexibility index (Phi) is 12.2. The molecule has 0 radical (unpaired) electrons. The number of anilines is 1. The standard InChI is InChI=1S/C36H41N3O6S/c1-4-5-23-37-36(41)34(25-28-13-8-6-9-14-28)38(26-29-15-12-18-33(24-29)44-2)35(40)27-39(46(3,42)43)30-19-21-32(22-20-30)45-31-16-10-7-11-17-31/h6-22,24,34H,4-5,23,25-27H2,1-3H3,(H,37,41)/t34-/m1/s1. The molecule has 0 aliphatic heterocycles. The van der Waals surface area contributed by atoms with E-state index in [0.29, 0.717) is 29.5 Å². The van der Waals surface area contributed by atoms with Crippen molar-refractivity contribution in [1.82, 2.24) is 10.2 Å². The maximum absolute atomic E-state index is 14.3. The predicted octanol–water partition coefficient (Wildman–Crippen LogP) is 5.81. The maximum Gasteiger partial charge on any atom is 0.244 e. The second-order valence-electron chi connectivity index (χ2n) is 10.9. The maximum atomic E-state index is 14.3. The molecular weight excluding hydrogens is 602 g/mol. The van der Waals surface area contributed by atoms with E-state index in [2.05, 4.69) is 5.32 Å². The topological polar surface area (TPSA) is 105 Å². The van der Waals surface area contributed by atoms with Crippen molar-refractivity contribution in [3.63, 3.8) is 0 Å². The van der Waals surface area contributed by atoms with E-state index in [-0.39, 0.29) is 18.9 Å². The number of nitrogens with one attached hydrogen (secondary N) is 1. The first-order chi connectivity index (χ1) is 22.2. The van der Waals surface area contributed by atoms with Crippen LogP contribution in [-0.4, -0.2) is 57.6 Å². The van der Waals surface area contributed by atoms with Gasteiger partial charge in [-0.3, -0.25) is 13.9 Å². The first-order valence-electron chi connectivity index (χ1n) is 15.2. The van der Waals surface area contributed by atoms with Gasteiger partial charge in [0.1, 0.15) is 29.8 Å². The number of unbranched alkanes of at least 4 members (excludes halogenated alkanes) is 1. The molecule has 4 aromatic carbocycles. The number of hydrogen-bond acceptors (Lipinski definition) is 6. The normalized spacial score (nSPS) is 11.7. The Morgan fingerprint density at radius 2 is 1.41 bits per heavy atom. The van der Waals surface area contributed by atoms with Gasteiger partial charge in [-0.2, -0.15) is 0 Å². The van der Waals surface area contributed by atoms with Gasteiger partial charge < -0.3 is 19.7 Å². The number of sulfonamides is 1. The Morgan fingerprint density at radius 1 is 0.804 bits per heavy atom. The molecule has 4 rings (SSSR count).